The molecule has 162 valence electrons. The summed E-state index contributed by atoms with van der Waals surface area (Å²) in [5.74, 6) is 0.942. The Morgan fingerprint density at radius 3 is 2.58 bits per heavy atom. The van der Waals surface area contributed by atoms with E-state index in [9.17, 15) is 4.79 Å². The van der Waals surface area contributed by atoms with Crippen LogP contribution in [0.5, 0.6) is 0 Å². The topological polar surface area (TPSA) is 123 Å². The van der Waals surface area contributed by atoms with Gasteiger partial charge in [-0.15, -0.1) is 0 Å². The largest absolute Gasteiger partial charge is 0.397 e. The summed E-state index contributed by atoms with van der Waals surface area (Å²) >= 11 is 0. The molecule has 2 aromatic carbocycles. The fourth-order valence-electron chi connectivity index (χ4n) is 3.84. The molecule has 0 saturated heterocycles. The van der Waals surface area contributed by atoms with Crippen molar-refractivity contribution in [2.45, 2.75) is 32.7 Å². The van der Waals surface area contributed by atoms with Crippen molar-refractivity contribution < 1.29 is 9.32 Å². The van der Waals surface area contributed by atoms with Crippen molar-refractivity contribution in [2.75, 3.05) is 30.7 Å². The lowest BCUT2D eigenvalue weighted by atomic mass is 10.00. The zero-order chi connectivity index (χ0) is 22.0. The van der Waals surface area contributed by atoms with E-state index in [0.717, 1.165) is 29.7 Å². The summed E-state index contributed by atoms with van der Waals surface area (Å²) in [7, 11) is 0. The van der Waals surface area contributed by atoms with E-state index in [1.807, 2.05) is 29.2 Å². The summed E-state index contributed by atoms with van der Waals surface area (Å²) in [6.07, 6.45) is 1.59. The van der Waals surface area contributed by atoms with Gasteiger partial charge in [0.2, 0.25) is 11.7 Å². The van der Waals surface area contributed by atoms with Gasteiger partial charge >= 0.3 is 0 Å². The maximum atomic E-state index is 11.9. The van der Waals surface area contributed by atoms with Gasteiger partial charge in [0, 0.05) is 30.3 Å². The summed E-state index contributed by atoms with van der Waals surface area (Å²) in [5, 5.41) is 7.48. The Morgan fingerprint density at radius 2 is 1.87 bits per heavy atom. The minimum atomic E-state index is -0.00951. The molecule has 31 heavy (non-hydrogen) atoms. The predicted molar refractivity (Wildman–Crippen MR) is 121 cm³/mol. The third-order valence-corrected chi connectivity index (χ3v) is 5.46. The number of anilines is 2. The van der Waals surface area contributed by atoms with Gasteiger partial charge in [-0.2, -0.15) is 4.98 Å². The van der Waals surface area contributed by atoms with Crippen LogP contribution in [0.25, 0.3) is 22.8 Å². The molecule has 4 rings (SSSR count). The molecule has 1 aliphatic heterocycles. The van der Waals surface area contributed by atoms with E-state index in [4.69, 9.17) is 16.0 Å². The highest BCUT2D eigenvalue weighted by molar-refractivity contribution is 5.78. The van der Waals surface area contributed by atoms with Gasteiger partial charge in [0.15, 0.2) is 0 Å². The minimum absolute atomic E-state index is 0.00951. The molecule has 1 aliphatic rings. The zero-order valence-electron chi connectivity index (χ0n) is 17.9. The molecule has 0 radical (unpaired) electrons. The molecule has 8 heteroatoms. The van der Waals surface area contributed by atoms with Crippen molar-refractivity contribution in [1.82, 2.24) is 15.0 Å². The van der Waals surface area contributed by atoms with Crippen LogP contribution >= 0.6 is 0 Å². The number of hydrogen-bond donors (Lipinski definition) is 3. The number of nitrogen functional groups attached to an aromatic ring is 1. The molecule has 0 bridgehead atoms. The third kappa shape index (κ3) is 4.54. The molecule has 0 saturated carbocycles. The first-order chi connectivity index (χ1) is 14.9. The maximum Gasteiger partial charge on any atom is 0.258 e. The van der Waals surface area contributed by atoms with Gasteiger partial charge < -0.3 is 26.2 Å². The van der Waals surface area contributed by atoms with E-state index in [1.54, 1.807) is 0 Å². The molecule has 0 atom stereocenters. The van der Waals surface area contributed by atoms with Crippen LogP contribution in [-0.2, 0) is 17.6 Å². The molecular weight excluding hydrogens is 392 g/mol. The number of nitrogens with zero attached hydrogens (tertiary/aromatic N) is 3. The third-order valence-electron chi connectivity index (χ3n) is 5.46. The molecule has 3 aromatic rings. The first-order valence-corrected chi connectivity index (χ1v) is 10.5. The summed E-state index contributed by atoms with van der Waals surface area (Å²) in [5.41, 5.74) is 17.3. The Balaban J connectivity index is 1.55. The molecule has 1 aromatic heterocycles. The van der Waals surface area contributed by atoms with Gasteiger partial charge in [0.25, 0.3) is 5.89 Å². The zero-order valence-corrected chi connectivity index (χ0v) is 17.9. The van der Waals surface area contributed by atoms with Gasteiger partial charge in [0.05, 0.1) is 17.9 Å². The summed E-state index contributed by atoms with van der Waals surface area (Å²) in [6.45, 7) is 5.53. The van der Waals surface area contributed by atoms with Crippen molar-refractivity contribution in [2.24, 2.45) is 5.73 Å². The molecule has 0 aliphatic carbocycles. The number of carbonyl (C=O) groups excluding carboxylic acids is 1. The van der Waals surface area contributed by atoms with E-state index >= 15 is 0 Å². The fraction of sp³-hybridized carbons (Fsp3) is 0.348. The molecule has 0 fully saturated rings. The Labute approximate surface area is 181 Å². The second kappa shape index (κ2) is 8.77. The monoisotopic (exact) mass is 420 g/mol. The first-order valence-electron chi connectivity index (χ1n) is 10.5. The quantitative estimate of drug-likeness (QED) is 0.542. The van der Waals surface area contributed by atoms with Crippen molar-refractivity contribution in [3.63, 3.8) is 0 Å². The standard InChI is InChI=1S/C23H28N6O2/c1-14(2)26-20-6-5-18(12-19(20)25)23-27-22(28-31-23)17-4-3-15-7-9-29(21(30)13-24)10-8-16(15)11-17/h3-6,11-12,14,26H,7-10,13,24-25H2,1-2H3. The number of aromatic nitrogens is 2. The van der Waals surface area contributed by atoms with Crippen LogP contribution < -0.4 is 16.8 Å². The second-order valence-electron chi connectivity index (χ2n) is 8.09. The number of nitrogens with two attached hydrogens (primary N) is 2. The molecule has 1 amide bonds. The van der Waals surface area contributed by atoms with E-state index in [1.165, 1.54) is 11.1 Å². The van der Waals surface area contributed by atoms with Gasteiger partial charge in [-0.1, -0.05) is 17.3 Å². The number of fused-ring (bicyclic) bond motifs is 1. The normalized spacial score (nSPS) is 13.7. The average Bonchev–Trinajstić information content (AvgIpc) is 3.15. The summed E-state index contributed by atoms with van der Waals surface area (Å²) in [6, 6.07) is 12.1. The number of rotatable bonds is 5. The molecular formula is C23H28N6O2. The number of carbonyl (C=O) groups is 1. The lowest BCUT2D eigenvalue weighted by molar-refractivity contribution is -0.129. The van der Waals surface area contributed by atoms with Crippen LogP contribution in [0.4, 0.5) is 11.4 Å². The Kier molecular flexibility index (Phi) is 5.90. The number of hydrogen-bond acceptors (Lipinski definition) is 7. The highest BCUT2D eigenvalue weighted by Gasteiger charge is 2.19. The summed E-state index contributed by atoms with van der Waals surface area (Å²) < 4.78 is 5.51. The van der Waals surface area contributed by atoms with Crippen LogP contribution in [0, 0.1) is 0 Å². The van der Waals surface area contributed by atoms with Crippen molar-refractivity contribution >= 4 is 17.3 Å². The molecule has 8 nitrogen and oxygen atoms in total. The predicted octanol–water partition coefficient (Wildman–Crippen LogP) is 2.69. The molecule has 0 unspecified atom stereocenters. The van der Waals surface area contributed by atoms with E-state index in [-0.39, 0.29) is 18.5 Å². The maximum absolute atomic E-state index is 11.9. The second-order valence-corrected chi connectivity index (χ2v) is 8.09. The van der Waals surface area contributed by atoms with Crippen molar-refractivity contribution in [3.8, 4) is 22.8 Å². The first kappa shape index (κ1) is 20.9. The highest BCUT2D eigenvalue weighted by atomic mass is 16.5. The smallest absolute Gasteiger partial charge is 0.258 e. The van der Waals surface area contributed by atoms with Gasteiger partial charge in [-0.25, -0.2) is 0 Å². The van der Waals surface area contributed by atoms with E-state index in [0.29, 0.717) is 30.5 Å². The van der Waals surface area contributed by atoms with Crippen molar-refractivity contribution in [3.05, 3.63) is 47.5 Å². The Hall–Kier alpha value is -3.39. The lowest BCUT2D eigenvalue weighted by Gasteiger charge is -2.18. The van der Waals surface area contributed by atoms with E-state index in [2.05, 4.69) is 41.4 Å². The Bertz CT molecular complexity index is 1090. The van der Waals surface area contributed by atoms with Crippen LogP contribution in [0.3, 0.4) is 0 Å². The number of nitrogens with one attached hydrogen (secondary N) is 1. The Morgan fingerprint density at radius 1 is 1.13 bits per heavy atom. The SMILES string of the molecule is CC(C)Nc1ccc(-c2nc(-c3ccc4c(c3)CCN(C(=O)CN)CC4)no2)cc1N. The van der Waals surface area contributed by atoms with Crippen molar-refractivity contribution in [1.29, 1.82) is 0 Å². The summed E-state index contributed by atoms with van der Waals surface area (Å²) in [4.78, 5) is 18.4. The number of benzene rings is 2. The fourth-order valence-corrected chi connectivity index (χ4v) is 3.84. The lowest BCUT2D eigenvalue weighted by Crippen LogP contribution is -2.37. The average molecular weight is 421 g/mol. The molecule has 5 N–H and O–H groups in total. The van der Waals surface area contributed by atoms with Gasteiger partial charge in [0.1, 0.15) is 0 Å². The van der Waals surface area contributed by atoms with Crippen LogP contribution in [0.15, 0.2) is 40.9 Å². The van der Waals surface area contributed by atoms with Crippen LogP contribution in [0.2, 0.25) is 0 Å². The molecule has 0 spiro atoms. The molecule has 2 heterocycles. The minimum Gasteiger partial charge on any atom is -0.397 e. The van der Waals surface area contributed by atoms with Gasteiger partial charge in [-0.3, -0.25) is 4.79 Å². The van der Waals surface area contributed by atoms with Gasteiger partial charge in [-0.05, 0) is 62.1 Å². The van der Waals surface area contributed by atoms with E-state index < -0.39 is 0 Å². The number of amides is 1. The highest BCUT2D eigenvalue weighted by Crippen LogP contribution is 2.29. The van der Waals surface area contributed by atoms with Crippen LogP contribution in [0.1, 0.15) is 25.0 Å². The van der Waals surface area contributed by atoms with Crippen LogP contribution in [-0.4, -0.2) is 46.6 Å².